The van der Waals surface area contributed by atoms with Gasteiger partial charge in [-0.2, -0.15) is 4.98 Å². The lowest BCUT2D eigenvalue weighted by atomic mass is 10.0. The number of hydrogen-bond donors (Lipinski definition) is 3. The summed E-state index contributed by atoms with van der Waals surface area (Å²) in [7, 11) is -3.44. The van der Waals surface area contributed by atoms with Crippen molar-refractivity contribution in [3.05, 3.63) is 47.5 Å². The van der Waals surface area contributed by atoms with Gasteiger partial charge in [0.05, 0.1) is 24.7 Å². The molecule has 34 heavy (non-hydrogen) atoms. The highest BCUT2D eigenvalue weighted by molar-refractivity contribution is 7.89. The zero-order valence-corrected chi connectivity index (χ0v) is 19.4. The van der Waals surface area contributed by atoms with Gasteiger partial charge >= 0.3 is 0 Å². The number of nitrogens with two attached hydrogens (primary N) is 1. The maximum absolute atomic E-state index is 12.8. The van der Waals surface area contributed by atoms with Crippen molar-refractivity contribution in [3.8, 4) is 28.6 Å². The van der Waals surface area contributed by atoms with E-state index in [4.69, 9.17) is 15.0 Å². The Labute approximate surface area is 197 Å². The minimum absolute atomic E-state index is 0.0113. The van der Waals surface area contributed by atoms with E-state index in [1.165, 1.54) is 6.07 Å². The van der Waals surface area contributed by atoms with Gasteiger partial charge in [-0.1, -0.05) is 23.4 Å². The first-order chi connectivity index (χ1) is 16.4. The minimum atomic E-state index is -3.44. The number of phenols is 1. The molecule has 4 N–H and O–H groups in total. The number of morpholine rings is 1. The first-order valence-corrected chi connectivity index (χ1v) is 12.9. The van der Waals surface area contributed by atoms with Crippen LogP contribution in [-0.4, -0.2) is 67.2 Å². The lowest BCUT2D eigenvalue weighted by molar-refractivity contribution is 0.0408. The maximum Gasteiger partial charge on any atom is 0.258 e. The quantitative estimate of drug-likeness (QED) is 0.338. The van der Waals surface area contributed by atoms with Gasteiger partial charge in [0, 0.05) is 36.8 Å². The van der Waals surface area contributed by atoms with Crippen LogP contribution < -0.4 is 10.5 Å². The summed E-state index contributed by atoms with van der Waals surface area (Å²) in [6.45, 7) is 3.29. The van der Waals surface area contributed by atoms with Crippen LogP contribution in [0.1, 0.15) is 23.6 Å². The Kier molecular flexibility index (Phi) is 6.26. The van der Waals surface area contributed by atoms with E-state index in [9.17, 15) is 13.5 Å². The second kappa shape index (κ2) is 9.34. The highest BCUT2D eigenvalue weighted by Gasteiger charge is 2.30. The number of hydrogen-bond acceptors (Lipinski definition) is 9. The third-order valence-electron chi connectivity index (χ3n) is 6.31. The van der Waals surface area contributed by atoms with Crippen molar-refractivity contribution < 1.29 is 22.8 Å². The molecule has 0 amide bonds. The van der Waals surface area contributed by atoms with Crippen LogP contribution in [0.4, 0.5) is 5.69 Å². The van der Waals surface area contributed by atoms with Crippen LogP contribution in [0.25, 0.3) is 22.8 Å². The zero-order valence-electron chi connectivity index (χ0n) is 18.6. The molecule has 1 aliphatic carbocycles. The molecule has 1 aromatic heterocycles. The van der Waals surface area contributed by atoms with Gasteiger partial charge in [0.2, 0.25) is 15.8 Å². The van der Waals surface area contributed by atoms with E-state index >= 15 is 0 Å². The van der Waals surface area contributed by atoms with Gasteiger partial charge in [0.25, 0.3) is 5.89 Å². The molecule has 0 saturated carbocycles. The molecule has 1 aliphatic heterocycles. The summed E-state index contributed by atoms with van der Waals surface area (Å²) in [5.74, 6) is 0.762. The molecule has 0 unspecified atom stereocenters. The van der Waals surface area contributed by atoms with Crippen LogP contribution in [0.2, 0.25) is 0 Å². The van der Waals surface area contributed by atoms with Crippen LogP contribution in [-0.2, 0) is 21.2 Å². The second-order valence-electron chi connectivity index (χ2n) is 8.55. The molecular formula is C23H27N5O5S. The molecule has 2 aromatic carbocycles. The number of benzene rings is 2. The number of rotatable bonds is 7. The van der Waals surface area contributed by atoms with Gasteiger partial charge in [0.1, 0.15) is 5.75 Å². The summed E-state index contributed by atoms with van der Waals surface area (Å²) in [4.78, 5) is 6.62. The van der Waals surface area contributed by atoms with Crippen LogP contribution in [0.5, 0.6) is 5.75 Å². The summed E-state index contributed by atoms with van der Waals surface area (Å²) >= 11 is 0. The molecule has 1 fully saturated rings. The molecule has 10 nitrogen and oxygen atoms in total. The molecule has 1 saturated heterocycles. The Morgan fingerprint density at radius 1 is 1.21 bits per heavy atom. The molecule has 0 spiro atoms. The van der Waals surface area contributed by atoms with Gasteiger partial charge < -0.3 is 20.1 Å². The Morgan fingerprint density at radius 3 is 2.82 bits per heavy atom. The van der Waals surface area contributed by atoms with Gasteiger partial charge in [-0.05, 0) is 42.2 Å². The molecular weight excluding hydrogens is 458 g/mol. The van der Waals surface area contributed by atoms with Crippen molar-refractivity contribution in [1.29, 1.82) is 0 Å². The van der Waals surface area contributed by atoms with Crippen molar-refractivity contribution in [2.45, 2.75) is 18.9 Å². The molecule has 11 heteroatoms. The number of aromatic nitrogens is 2. The summed E-state index contributed by atoms with van der Waals surface area (Å²) in [5.41, 5.74) is 9.37. The minimum Gasteiger partial charge on any atom is -0.506 e. The molecule has 180 valence electrons. The molecule has 5 rings (SSSR count). The largest absolute Gasteiger partial charge is 0.506 e. The molecule has 0 bridgehead atoms. The summed E-state index contributed by atoms with van der Waals surface area (Å²) in [6.07, 6.45) is 1.38. The fourth-order valence-electron chi connectivity index (χ4n) is 4.47. The fraction of sp³-hybridized carbons (Fsp3) is 0.391. The molecule has 3 aromatic rings. The monoisotopic (exact) mass is 485 g/mol. The van der Waals surface area contributed by atoms with E-state index in [1.54, 1.807) is 12.1 Å². The van der Waals surface area contributed by atoms with E-state index < -0.39 is 10.0 Å². The summed E-state index contributed by atoms with van der Waals surface area (Å²) in [6, 6.07) is 10.2. The van der Waals surface area contributed by atoms with Crippen LogP contribution in [0.3, 0.4) is 0 Å². The second-order valence-corrected chi connectivity index (χ2v) is 10.4. The lowest BCUT2D eigenvalue weighted by Crippen LogP contribution is -2.41. The summed E-state index contributed by atoms with van der Waals surface area (Å²) in [5, 5.41) is 13.8. The number of fused-ring (bicyclic) bond motifs is 1. The number of nitrogen functional groups attached to an aromatic ring is 1. The predicted molar refractivity (Wildman–Crippen MR) is 126 cm³/mol. The first-order valence-electron chi connectivity index (χ1n) is 11.2. The SMILES string of the molecule is Nc1cc(-c2nc(-c3cccc4c3CC[C@@H]4NS(=O)(=O)CCN3CCOCC3)no2)ccc1O. The van der Waals surface area contributed by atoms with Gasteiger partial charge in [-0.3, -0.25) is 4.90 Å². The Balaban J connectivity index is 1.32. The molecule has 0 radical (unpaired) electrons. The number of nitrogens with zero attached hydrogens (tertiary/aromatic N) is 3. The normalized spacial score (nSPS) is 18.8. The van der Waals surface area contributed by atoms with Crippen LogP contribution in [0.15, 0.2) is 40.9 Å². The van der Waals surface area contributed by atoms with E-state index in [0.717, 1.165) is 29.8 Å². The fourth-order valence-corrected chi connectivity index (χ4v) is 5.77. The number of nitrogens with one attached hydrogen (secondary N) is 1. The number of aromatic hydroxyl groups is 1. The topological polar surface area (TPSA) is 144 Å². The standard InChI is InChI=1S/C23H27N5O5S/c24-19-14-15(4-7-21(19)29)23-25-22(26-33-23)18-3-1-2-17-16(18)5-6-20(17)27-34(30,31)13-10-28-8-11-32-12-9-28/h1-4,7,14,20,27,29H,5-6,8-13,24H2/t20-/m0/s1. The third kappa shape index (κ3) is 4.78. The van der Waals surface area contributed by atoms with Crippen molar-refractivity contribution in [1.82, 2.24) is 19.8 Å². The number of ether oxygens (including phenoxy) is 1. The number of anilines is 1. The smallest absolute Gasteiger partial charge is 0.258 e. The maximum atomic E-state index is 12.8. The first kappa shape index (κ1) is 22.8. The molecule has 2 aliphatic rings. The highest BCUT2D eigenvalue weighted by atomic mass is 32.2. The van der Waals surface area contributed by atoms with Crippen molar-refractivity contribution in [2.24, 2.45) is 0 Å². The van der Waals surface area contributed by atoms with E-state index in [1.807, 2.05) is 18.2 Å². The Morgan fingerprint density at radius 2 is 2.03 bits per heavy atom. The van der Waals surface area contributed by atoms with Gasteiger partial charge in [-0.15, -0.1) is 0 Å². The number of sulfonamides is 1. The van der Waals surface area contributed by atoms with E-state index in [-0.39, 0.29) is 29.1 Å². The Bertz CT molecular complexity index is 1290. The van der Waals surface area contributed by atoms with Crippen LogP contribution in [0, 0.1) is 0 Å². The highest BCUT2D eigenvalue weighted by Crippen LogP contribution is 2.38. The van der Waals surface area contributed by atoms with Crippen molar-refractivity contribution in [3.63, 3.8) is 0 Å². The van der Waals surface area contributed by atoms with Gasteiger partial charge in [0.15, 0.2) is 0 Å². The average molecular weight is 486 g/mol. The van der Waals surface area contributed by atoms with Crippen molar-refractivity contribution in [2.75, 3.05) is 44.3 Å². The third-order valence-corrected chi connectivity index (χ3v) is 7.68. The molecule has 1 atom stereocenters. The van der Waals surface area contributed by atoms with Crippen molar-refractivity contribution >= 4 is 15.7 Å². The number of phenolic OH excluding ortho intramolecular Hbond substituents is 1. The van der Waals surface area contributed by atoms with E-state index in [0.29, 0.717) is 44.0 Å². The molecule has 2 heterocycles. The predicted octanol–water partition coefficient (Wildman–Crippen LogP) is 1.93. The lowest BCUT2D eigenvalue weighted by Gasteiger charge is -2.26. The summed E-state index contributed by atoms with van der Waals surface area (Å²) < 4.78 is 39.2. The Hall–Kier alpha value is -2.99. The average Bonchev–Trinajstić information content (AvgIpc) is 3.48. The van der Waals surface area contributed by atoms with Crippen LogP contribution >= 0.6 is 0 Å². The zero-order chi connectivity index (χ0) is 23.7. The van der Waals surface area contributed by atoms with E-state index in [2.05, 4.69) is 19.8 Å². The van der Waals surface area contributed by atoms with Gasteiger partial charge in [-0.25, -0.2) is 13.1 Å².